The summed E-state index contributed by atoms with van der Waals surface area (Å²) < 4.78 is 0. The van der Waals surface area contributed by atoms with Crippen LogP contribution in [0.25, 0.3) is 0 Å². The van der Waals surface area contributed by atoms with Crippen molar-refractivity contribution in [2.45, 2.75) is 25.0 Å². The Morgan fingerprint density at radius 1 is 1.75 bits per heavy atom. The number of aliphatic hydroxyl groups excluding tert-OH is 1. The summed E-state index contributed by atoms with van der Waals surface area (Å²) in [4.78, 5) is 13.0. The molecule has 0 aromatic rings. The third kappa shape index (κ3) is 2.19. The van der Waals surface area contributed by atoms with Crippen molar-refractivity contribution in [1.82, 2.24) is 10.2 Å². The van der Waals surface area contributed by atoms with Crippen LogP contribution in [0.1, 0.15) is 12.8 Å². The predicted molar refractivity (Wildman–Crippen MR) is 45.7 cm³/mol. The van der Waals surface area contributed by atoms with Crippen LogP contribution in [-0.2, 0) is 4.79 Å². The van der Waals surface area contributed by atoms with Crippen molar-refractivity contribution in [2.75, 3.05) is 20.6 Å². The van der Waals surface area contributed by atoms with Crippen LogP contribution in [0.15, 0.2) is 0 Å². The fraction of sp³-hybridized carbons (Fsp3) is 0.875. The number of carbonyl (C=O) groups is 1. The average Bonchev–Trinajstić information content (AvgIpc) is 2.30. The van der Waals surface area contributed by atoms with Gasteiger partial charge in [-0.05, 0) is 13.5 Å². The number of hydrogen-bond donors (Lipinski definition) is 2. The van der Waals surface area contributed by atoms with Crippen molar-refractivity contribution in [3.8, 4) is 0 Å². The quantitative estimate of drug-likeness (QED) is 0.572. The summed E-state index contributed by atoms with van der Waals surface area (Å²) in [6.45, 7) is 0.682. The highest BCUT2D eigenvalue weighted by atomic mass is 16.3. The molecular weight excluding hydrogens is 156 g/mol. The van der Waals surface area contributed by atoms with Crippen LogP contribution in [0.4, 0.5) is 0 Å². The number of likely N-dealkylation sites (tertiary alicyclic amines) is 1. The summed E-state index contributed by atoms with van der Waals surface area (Å²) in [7, 11) is 3.57. The van der Waals surface area contributed by atoms with Crippen molar-refractivity contribution in [3.63, 3.8) is 0 Å². The molecule has 0 aliphatic carbocycles. The van der Waals surface area contributed by atoms with Crippen LogP contribution < -0.4 is 5.32 Å². The van der Waals surface area contributed by atoms with Gasteiger partial charge in [0.15, 0.2) is 0 Å². The fourth-order valence-corrected chi connectivity index (χ4v) is 1.61. The molecule has 2 unspecified atom stereocenters. The van der Waals surface area contributed by atoms with Gasteiger partial charge in [-0.25, -0.2) is 0 Å². The van der Waals surface area contributed by atoms with Gasteiger partial charge >= 0.3 is 0 Å². The van der Waals surface area contributed by atoms with E-state index in [4.69, 9.17) is 0 Å². The fourth-order valence-electron chi connectivity index (χ4n) is 1.61. The molecule has 1 fully saturated rings. The number of amides is 1. The normalized spacial score (nSPS) is 30.6. The van der Waals surface area contributed by atoms with Crippen LogP contribution in [0, 0.1) is 0 Å². The highest BCUT2D eigenvalue weighted by Gasteiger charge is 2.29. The number of nitrogens with one attached hydrogen (secondary N) is 1. The molecule has 12 heavy (non-hydrogen) atoms. The molecular formula is C8H16N2O2. The van der Waals surface area contributed by atoms with Crippen molar-refractivity contribution in [3.05, 3.63) is 0 Å². The number of hydrogen-bond acceptors (Lipinski definition) is 3. The largest absolute Gasteiger partial charge is 0.392 e. The van der Waals surface area contributed by atoms with Gasteiger partial charge in [0.2, 0.25) is 5.91 Å². The maximum Gasteiger partial charge on any atom is 0.221 e. The predicted octanol–water partition coefficient (Wildman–Crippen LogP) is -0.812. The van der Waals surface area contributed by atoms with Crippen molar-refractivity contribution in [1.29, 1.82) is 0 Å². The molecule has 1 amide bonds. The van der Waals surface area contributed by atoms with Gasteiger partial charge in [-0.2, -0.15) is 0 Å². The molecule has 4 nitrogen and oxygen atoms in total. The molecule has 0 spiro atoms. The summed E-state index contributed by atoms with van der Waals surface area (Å²) in [5, 5.41) is 11.9. The molecule has 1 aliphatic rings. The van der Waals surface area contributed by atoms with E-state index in [2.05, 4.69) is 5.32 Å². The van der Waals surface area contributed by atoms with Crippen LogP contribution in [-0.4, -0.2) is 48.7 Å². The van der Waals surface area contributed by atoms with Gasteiger partial charge in [0.05, 0.1) is 6.10 Å². The van der Waals surface area contributed by atoms with E-state index in [-0.39, 0.29) is 18.1 Å². The molecule has 1 saturated heterocycles. The average molecular weight is 172 g/mol. The lowest BCUT2D eigenvalue weighted by atomic mass is 10.1. The molecule has 4 heteroatoms. The first kappa shape index (κ1) is 9.48. The van der Waals surface area contributed by atoms with Crippen LogP contribution in [0.3, 0.4) is 0 Å². The SMILES string of the molecule is CNC(=O)CC1CC(O)CN1C. The number of nitrogens with zero attached hydrogens (tertiary/aromatic N) is 1. The van der Waals surface area contributed by atoms with Gasteiger partial charge in [-0.3, -0.25) is 4.79 Å². The second-order valence-corrected chi connectivity index (χ2v) is 3.36. The van der Waals surface area contributed by atoms with E-state index in [0.29, 0.717) is 19.4 Å². The Bertz CT molecular complexity index is 172. The second kappa shape index (κ2) is 3.87. The maximum absolute atomic E-state index is 11.0. The van der Waals surface area contributed by atoms with Gasteiger partial charge in [0, 0.05) is 26.1 Å². The van der Waals surface area contributed by atoms with Gasteiger partial charge in [-0.1, -0.05) is 0 Å². The minimum Gasteiger partial charge on any atom is -0.392 e. The van der Waals surface area contributed by atoms with Gasteiger partial charge < -0.3 is 15.3 Å². The molecule has 0 radical (unpaired) electrons. The maximum atomic E-state index is 11.0. The molecule has 0 bridgehead atoms. The van der Waals surface area contributed by atoms with E-state index < -0.39 is 0 Å². The third-order valence-corrected chi connectivity index (χ3v) is 2.37. The van der Waals surface area contributed by atoms with Crippen molar-refractivity contribution in [2.24, 2.45) is 0 Å². The van der Waals surface area contributed by atoms with Crippen LogP contribution in [0.5, 0.6) is 0 Å². The molecule has 2 N–H and O–H groups in total. The van der Waals surface area contributed by atoms with E-state index in [1.54, 1.807) is 7.05 Å². The summed E-state index contributed by atoms with van der Waals surface area (Å²) in [6, 6.07) is 0.208. The molecule has 1 aliphatic heterocycles. The monoisotopic (exact) mass is 172 g/mol. The van der Waals surface area contributed by atoms with E-state index in [0.717, 1.165) is 0 Å². The lowest BCUT2D eigenvalue weighted by molar-refractivity contribution is -0.121. The third-order valence-electron chi connectivity index (χ3n) is 2.37. The second-order valence-electron chi connectivity index (χ2n) is 3.36. The van der Waals surface area contributed by atoms with Crippen molar-refractivity contribution < 1.29 is 9.90 Å². The minimum atomic E-state index is -0.260. The van der Waals surface area contributed by atoms with Gasteiger partial charge in [-0.15, -0.1) is 0 Å². The van der Waals surface area contributed by atoms with Gasteiger partial charge in [0.1, 0.15) is 0 Å². The molecule has 0 saturated carbocycles. The summed E-state index contributed by atoms with van der Waals surface area (Å²) in [5.74, 6) is 0.0425. The zero-order chi connectivity index (χ0) is 9.14. The van der Waals surface area contributed by atoms with Crippen LogP contribution >= 0.6 is 0 Å². The Morgan fingerprint density at radius 3 is 2.83 bits per heavy atom. The zero-order valence-electron chi connectivity index (χ0n) is 7.58. The van der Waals surface area contributed by atoms with E-state index in [1.807, 2.05) is 11.9 Å². The highest BCUT2D eigenvalue weighted by Crippen LogP contribution is 2.17. The summed E-state index contributed by atoms with van der Waals surface area (Å²) in [6.07, 6.45) is 0.943. The first-order valence-electron chi connectivity index (χ1n) is 4.22. The van der Waals surface area contributed by atoms with E-state index in [1.165, 1.54) is 0 Å². The Kier molecular flexibility index (Phi) is 3.05. The van der Waals surface area contributed by atoms with Crippen molar-refractivity contribution >= 4 is 5.91 Å². The Morgan fingerprint density at radius 2 is 2.42 bits per heavy atom. The Balaban J connectivity index is 2.37. The summed E-state index contributed by atoms with van der Waals surface area (Å²) >= 11 is 0. The first-order valence-corrected chi connectivity index (χ1v) is 4.22. The Hall–Kier alpha value is -0.610. The molecule has 0 aromatic carbocycles. The lowest BCUT2D eigenvalue weighted by Crippen LogP contribution is -2.31. The lowest BCUT2D eigenvalue weighted by Gasteiger charge is -2.17. The first-order chi connectivity index (χ1) is 5.63. The molecule has 1 rings (SSSR count). The minimum absolute atomic E-state index is 0.0425. The van der Waals surface area contributed by atoms with Gasteiger partial charge in [0.25, 0.3) is 0 Å². The van der Waals surface area contributed by atoms with Crippen LogP contribution in [0.2, 0.25) is 0 Å². The molecule has 0 aromatic heterocycles. The standard InChI is InChI=1S/C8H16N2O2/c1-9-8(12)4-6-3-7(11)5-10(6)2/h6-7,11H,3-5H2,1-2H3,(H,9,12). The number of β-amino-alcohol motifs (C(OH)–C–C–N with tert-alkyl or cyclic N) is 1. The number of rotatable bonds is 2. The molecule has 2 atom stereocenters. The number of likely N-dealkylation sites (N-methyl/N-ethyl adjacent to an activating group) is 1. The smallest absolute Gasteiger partial charge is 0.221 e. The Labute approximate surface area is 72.6 Å². The molecule has 70 valence electrons. The van der Waals surface area contributed by atoms with E-state index in [9.17, 15) is 9.90 Å². The van der Waals surface area contributed by atoms with E-state index >= 15 is 0 Å². The topological polar surface area (TPSA) is 52.6 Å². The highest BCUT2D eigenvalue weighted by molar-refractivity contribution is 5.76. The zero-order valence-corrected chi connectivity index (χ0v) is 7.58. The molecule has 1 heterocycles. The summed E-state index contributed by atoms with van der Waals surface area (Å²) in [5.41, 5.74) is 0. The number of carbonyl (C=O) groups excluding carboxylic acids is 1. The number of aliphatic hydroxyl groups is 1.